The summed E-state index contributed by atoms with van der Waals surface area (Å²) in [4.78, 5) is 11.4. The third kappa shape index (κ3) is 6.52. The Labute approximate surface area is 179 Å². The first-order valence-electron chi connectivity index (χ1n) is 8.38. The van der Waals surface area contributed by atoms with Crippen molar-refractivity contribution >= 4 is 37.5 Å². The van der Waals surface area contributed by atoms with Crippen molar-refractivity contribution in [2.75, 3.05) is 18.0 Å². The van der Waals surface area contributed by atoms with E-state index < -0.39 is 22.5 Å². The molecular formula is C21H19BrN2O4S. The SMILES string of the molecule is Brc1c#cccc1.COc1ccc(N(CC(N)=O)S(=O)(=O)c2ccccc2)cc1. The minimum Gasteiger partial charge on any atom is -0.497 e. The largest absolute Gasteiger partial charge is 0.497 e. The summed E-state index contributed by atoms with van der Waals surface area (Å²) >= 11 is 3.22. The molecule has 1 amide bonds. The number of methoxy groups -OCH3 is 1. The van der Waals surface area contributed by atoms with Crippen LogP contribution in [-0.4, -0.2) is 28.0 Å². The quantitative estimate of drug-likeness (QED) is 0.592. The number of carbonyl (C=O) groups is 1. The van der Waals surface area contributed by atoms with Crippen LogP contribution < -0.4 is 14.8 Å². The Hall–Kier alpha value is -3.02. The molecule has 0 spiro atoms. The van der Waals surface area contributed by atoms with Gasteiger partial charge in [0.2, 0.25) is 5.91 Å². The maximum absolute atomic E-state index is 12.7. The molecule has 0 fully saturated rings. The molecule has 29 heavy (non-hydrogen) atoms. The van der Waals surface area contributed by atoms with Gasteiger partial charge in [0.1, 0.15) is 12.3 Å². The first kappa shape index (κ1) is 22.3. The van der Waals surface area contributed by atoms with E-state index in [-0.39, 0.29) is 4.90 Å². The molecule has 0 aliphatic carbocycles. The average Bonchev–Trinajstić information content (AvgIpc) is 2.73. The lowest BCUT2D eigenvalue weighted by Crippen LogP contribution is -2.38. The number of anilines is 1. The number of halogens is 1. The molecule has 8 heteroatoms. The van der Waals surface area contributed by atoms with E-state index in [4.69, 9.17) is 10.5 Å². The smallest absolute Gasteiger partial charge is 0.264 e. The molecule has 6 nitrogen and oxygen atoms in total. The second kappa shape index (κ2) is 10.5. The number of benzene rings is 2. The van der Waals surface area contributed by atoms with Gasteiger partial charge in [0, 0.05) is 0 Å². The van der Waals surface area contributed by atoms with Crippen LogP contribution in [0.2, 0.25) is 0 Å². The van der Waals surface area contributed by atoms with Crippen LogP contribution in [-0.2, 0) is 14.8 Å². The number of nitrogens with zero attached hydrogens (tertiary/aromatic N) is 1. The number of hydrogen-bond donors (Lipinski definition) is 1. The highest BCUT2D eigenvalue weighted by molar-refractivity contribution is 9.10. The molecule has 2 N–H and O–H groups in total. The summed E-state index contributed by atoms with van der Waals surface area (Å²) in [7, 11) is -2.37. The van der Waals surface area contributed by atoms with Gasteiger partial charge in [-0.05, 0) is 64.5 Å². The lowest BCUT2D eigenvalue weighted by molar-refractivity contribution is -0.116. The van der Waals surface area contributed by atoms with Crippen molar-refractivity contribution in [3.63, 3.8) is 0 Å². The van der Waals surface area contributed by atoms with Gasteiger partial charge in [0.25, 0.3) is 10.0 Å². The van der Waals surface area contributed by atoms with Gasteiger partial charge in [0.05, 0.1) is 22.2 Å². The molecule has 3 rings (SSSR count). The van der Waals surface area contributed by atoms with Gasteiger partial charge in [-0.2, -0.15) is 0 Å². The van der Waals surface area contributed by atoms with Gasteiger partial charge < -0.3 is 10.5 Å². The van der Waals surface area contributed by atoms with Crippen LogP contribution in [0.25, 0.3) is 0 Å². The normalized spacial score (nSPS) is 10.1. The predicted octanol–water partition coefficient (Wildman–Crippen LogP) is 3.43. The van der Waals surface area contributed by atoms with Crippen molar-refractivity contribution in [2.24, 2.45) is 5.73 Å². The Kier molecular flexibility index (Phi) is 8.07. The van der Waals surface area contributed by atoms with E-state index in [1.165, 1.54) is 19.2 Å². The standard InChI is InChI=1S/C15H16N2O4S.C6H3Br/c1-21-13-9-7-12(8-10-13)17(11-15(16)18)22(19,20)14-5-3-2-4-6-14;7-6-4-2-1-3-5-6/h2-10H,11H2,1H3,(H2,16,18);1-2,4H. The van der Waals surface area contributed by atoms with Crippen LogP contribution in [0, 0.1) is 12.1 Å². The Balaban J connectivity index is 0.000000360. The number of hydrogen-bond acceptors (Lipinski definition) is 4. The van der Waals surface area contributed by atoms with Gasteiger partial charge >= 0.3 is 0 Å². The average molecular weight is 475 g/mol. The molecular weight excluding hydrogens is 456 g/mol. The van der Waals surface area contributed by atoms with Crippen molar-refractivity contribution in [3.05, 3.63) is 89.4 Å². The van der Waals surface area contributed by atoms with E-state index in [2.05, 4.69) is 28.1 Å². The first-order chi connectivity index (χ1) is 13.8. The molecule has 0 radical (unpaired) electrons. The molecule has 3 aromatic carbocycles. The maximum atomic E-state index is 12.7. The summed E-state index contributed by atoms with van der Waals surface area (Å²) in [5, 5.41) is 0. The highest BCUT2D eigenvalue weighted by Crippen LogP contribution is 2.25. The van der Waals surface area contributed by atoms with Crippen LogP contribution in [0.1, 0.15) is 0 Å². The zero-order chi connectivity index (χ0) is 21.3. The fourth-order valence-electron chi connectivity index (χ4n) is 2.26. The number of amides is 1. The number of sulfonamides is 1. The van der Waals surface area contributed by atoms with Crippen LogP contribution >= 0.6 is 15.9 Å². The Morgan fingerprint density at radius 3 is 2.17 bits per heavy atom. The fourth-order valence-corrected chi connectivity index (χ4v) is 3.98. The van der Waals surface area contributed by atoms with E-state index in [9.17, 15) is 13.2 Å². The number of carbonyl (C=O) groups excluding carboxylic acids is 1. The molecule has 0 atom stereocenters. The maximum Gasteiger partial charge on any atom is 0.264 e. The second-order valence-electron chi connectivity index (χ2n) is 5.63. The summed E-state index contributed by atoms with van der Waals surface area (Å²) < 4.78 is 32.4. The minimum absolute atomic E-state index is 0.0899. The van der Waals surface area contributed by atoms with Crippen molar-refractivity contribution in [2.45, 2.75) is 4.90 Å². The monoisotopic (exact) mass is 474 g/mol. The molecule has 0 unspecified atom stereocenters. The van der Waals surface area contributed by atoms with E-state index >= 15 is 0 Å². The summed E-state index contributed by atoms with van der Waals surface area (Å²) in [5.41, 5.74) is 5.53. The van der Waals surface area contributed by atoms with Crippen LogP contribution in [0.3, 0.4) is 0 Å². The van der Waals surface area contributed by atoms with Gasteiger partial charge in [-0.3, -0.25) is 9.10 Å². The lowest BCUT2D eigenvalue weighted by Gasteiger charge is -2.23. The zero-order valence-corrected chi connectivity index (χ0v) is 18.0. The molecule has 0 saturated heterocycles. The van der Waals surface area contributed by atoms with Gasteiger partial charge in [-0.1, -0.05) is 36.4 Å². The minimum atomic E-state index is -3.88. The highest BCUT2D eigenvalue weighted by atomic mass is 79.9. The Morgan fingerprint density at radius 1 is 1.07 bits per heavy atom. The van der Waals surface area contributed by atoms with Gasteiger partial charge in [0.15, 0.2) is 0 Å². The van der Waals surface area contributed by atoms with Crippen LogP contribution in [0.5, 0.6) is 5.75 Å². The van der Waals surface area contributed by atoms with Crippen molar-refractivity contribution in [3.8, 4) is 5.75 Å². The number of primary amides is 1. The van der Waals surface area contributed by atoms with Gasteiger partial charge in [-0.25, -0.2) is 8.42 Å². The number of ether oxygens (including phenoxy) is 1. The second-order valence-corrected chi connectivity index (χ2v) is 8.35. The molecule has 0 heterocycles. The molecule has 150 valence electrons. The topological polar surface area (TPSA) is 89.7 Å². The van der Waals surface area contributed by atoms with E-state index in [1.54, 1.807) is 42.5 Å². The molecule has 0 aliphatic rings. The first-order valence-corrected chi connectivity index (χ1v) is 10.6. The van der Waals surface area contributed by atoms with E-state index in [1.807, 2.05) is 18.2 Å². The molecule has 0 saturated carbocycles. The van der Waals surface area contributed by atoms with Crippen LogP contribution in [0.15, 0.2) is 82.2 Å². The third-order valence-corrected chi connectivity index (χ3v) is 5.86. The zero-order valence-electron chi connectivity index (χ0n) is 15.6. The van der Waals surface area contributed by atoms with Crippen LogP contribution in [0.4, 0.5) is 5.69 Å². The number of nitrogens with two attached hydrogens (primary N) is 1. The summed E-state index contributed by atoms with van der Waals surface area (Å²) in [6, 6.07) is 25.5. The predicted molar refractivity (Wildman–Crippen MR) is 115 cm³/mol. The lowest BCUT2D eigenvalue weighted by atomic mass is 10.3. The number of rotatable bonds is 6. The van der Waals surface area contributed by atoms with E-state index in [0.717, 1.165) is 8.78 Å². The summed E-state index contributed by atoms with van der Waals surface area (Å²) in [5.74, 6) is -0.157. The third-order valence-electron chi connectivity index (χ3n) is 3.60. The Morgan fingerprint density at radius 2 is 1.72 bits per heavy atom. The van der Waals surface area contributed by atoms with E-state index in [0.29, 0.717) is 11.4 Å². The van der Waals surface area contributed by atoms with Gasteiger partial charge in [-0.15, -0.1) is 0 Å². The van der Waals surface area contributed by atoms with Crippen molar-refractivity contribution < 1.29 is 17.9 Å². The highest BCUT2D eigenvalue weighted by Gasteiger charge is 2.26. The molecule has 0 aromatic heterocycles. The summed E-state index contributed by atoms with van der Waals surface area (Å²) in [6.07, 6.45) is 0. The molecule has 3 aromatic rings. The fraction of sp³-hybridized carbons (Fsp3) is 0.0952. The summed E-state index contributed by atoms with van der Waals surface area (Å²) in [6.45, 7) is -0.441. The van der Waals surface area contributed by atoms with Crippen molar-refractivity contribution in [1.82, 2.24) is 0 Å². The van der Waals surface area contributed by atoms with Crippen molar-refractivity contribution in [1.29, 1.82) is 0 Å². The molecule has 0 aliphatic heterocycles. The molecule has 0 bridgehead atoms. The Bertz CT molecular complexity index is 1010.